The number of pyridine rings is 1. The topological polar surface area (TPSA) is 73.9 Å². The first kappa shape index (κ1) is 18.2. The first-order valence-corrected chi connectivity index (χ1v) is 9.15. The number of halogens is 1. The van der Waals surface area contributed by atoms with Gasteiger partial charge in [-0.15, -0.1) is 0 Å². The smallest absolute Gasteiger partial charge is 0.257 e. The van der Waals surface area contributed by atoms with Crippen molar-refractivity contribution in [2.45, 2.75) is 32.7 Å². The van der Waals surface area contributed by atoms with Crippen LogP contribution in [0.2, 0.25) is 0 Å². The van der Waals surface area contributed by atoms with Gasteiger partial charge in [0.25, 0.3) is 5.91 Å². The monoisotopic (exact) mass is 380 g/mol. The largest absolute Gasteiger partial charge is 0.619 e. The zero-order valence-electron chi connectivity index (χ0n) is 15.7. The molecule has 0 saturated carbocycles. The normalized spacial score (nSPS) is 17.8. The van der Waals surface area contributed by atoms with Gasteiger partial charge >= 0.3 is 0 Å². The summed E-state index contributed by atoms with van der Waals surface area (Å²) < 4.78 is 16.0. The van der Waals surface area contributed by atoms with Gasteiger partial charge in [0.2, 0.25) is 0 Å². The van der Waals surface area contributed by atoms with E-state index in [4.69, 9.17) is 0 Å². The Morgan fingerprint density at radius 2 is 2.18 bits per heavy atom. The summed E-state index contributed by atoms with van der Waals surface area (Å²) in [5, 5.41) is 19.0. The average Bonchev–Trinajstić information content (AvgIpc) is 3.04. The molecule has 1 amide bonds. The molecule has 0 radical (unpaired) electrons. The highest BCUT2D eigenvalue weighted by molar-refractivity contribution is 5.93. The number of carbonyl (C=O) groups excluding carboxylic acids is 1. The first-order chi connectivity index (χ1) is 13.3. The Morgan fingerprint density at radius 1 is 1.36 bits per heavy atom. The summed E-state index contributed by atoms with van der Waals surface area (Å²) in [6.07, 6.45) is 5.82. The van der Waals surface area contributed by atoms with Crippen LogP contribution in [0.5, 0.6) is 0 Å². The lowest BCUT2D eigenvalue weighted by Gasteiger charge is -2.36. The Kier molecular flexibility index (Phi) is 4.37. The summed E-state index contributed by atoms with van der Waals surface area (Å²) in [6.45, 7) is 4.26. The number of fused-ring (bicyclic) bond motifs is 1. The van der Waals surface area contributed by atoms with Crippen LogP contribution in [0.3, 0.4) is 0 Å². The minimum atomic E-state index is -0.323. The molecule has 7 heteroatoms. The van der Waals surface area contributed by atoms with E-state index in [-0.39, 0.29) is 23.2 Å². The molecule has 1 aliphatic carbocycles. The quantitative estimate of drug-likeness (QED) is 0.561. The van der Waals surface area contributed by atoms with Crippen molar-refractivity contribution in [3.63, 3.8) is 0 Å². The van der Waals surface area contributed by atoms with Crippen LogP contribution in [0.25, 0.3) is 5.69 Å². The van der Waals surface area contributed by atoms with Crippen LogP contribution in [-0.4, -0.2) is 15.7 Å². The summed E-state index contributed by atoms with van der Waals surface area (Å²) >= 11 is 0. The minimum Gasteiger partial charge on any atom is -0.619 e. The maximum Gasteiger partial charge on any atom is 0.257 e. The Hall–Kier alpha value is -3.22. The van der Waals surface area contributed by atoms with Gasteiger partial charge in [-0.25, -0.2) is 9.07 Å². The number of carbonyl (C=O) groups is 1. The van der Waals surface area contributed by atoms with Crippen LogP contribution >= 0.6 is 0 Å². The molecule has 1 atom stereocenters. The molecule has 2 heterocycles. The van der Waals surface area contributed by atoms with Crippen molar-refractivity contribution in [2.24, 2.45) is 5.41 Å². The van der Waals surface area contributed by atoms with Gasteiger partial charge in [0, 0.05) is 11.6 Å². The number of hydrogen-bond donors (Lipinski definition) is 1. The van der Waals surface area contributed by atoms with Gasteiger partial charge in [0.05, 0.1) is 23.6 Å². The SMILES string of the molecule is CC1(C)Cc2c(cnn2-c2cccc(F)c2)[C@@H](NC(=O)c2ccc[n+]([O-])c2)C1. The summed E-state index contributed by atoms with van der Waals surface area (Å²) in [6, 6.07) is 9.21. The summed E-state index contributed by atoms with van der Waals surface area (Å²) in [7, 11) is 0. The summed E-state index contributed by atoms with van der Waals surface area (Å²) in [5.41, 5.74) is 2.76. The van der Waals surface area contributed by atoms with Gasteiger partial charge < -0.3 is 10.5 Å². The van der Waals surface area contributed by atoms with E-state index in [1.54, 1.807) is 29.1 Å². The molecule has 2 aromatic heterocycles. The lowest BCUT2D eigenvalue weighted by molar-refractivity contribution is -0.605. The zero-order chi connectivity index (χ0) is 19.9. The first-order valence-electron chi connectivity index (χ1n) is 9.15. The van der Waals surface area contributed by atoms with Crippen molar-refractivity contribution >= 4 is 5.91 Å². The van der Waals surface area contributed by atoms with Crippen LogP contribution in [0.4, 0.5) is 4.39 Å². The highest BCUT2D eigenvalue weighted by Crippen LogP contribution is 2.41. The maximum absolute atomic E-state index is 13.7. The fraction of sp³-hybridized carbons (Fsp3) is 0.286. The molecule has 3 aromatic rings. The van der Waals surface area contributed by atoms with Gasteiger partial charge in [-0.3, -0.25) is 4.79 Å². The molecule has 0 spiro atoms. The van der Waals surface area contributed by atoms with E-state index in [0.29, 0.717) is 16.0 Å². The van der Waals surface area contributed by atoms with Crippen molar-refractivity contribution in [1.82, 2.24) is 15.1 Å². The standard InChI is InChI=1S/C21H21FN4O2/c1-21(2)10-18(24-20(27)14-5-4-8-25(28)13-14)17-12-23-26(19(17)11-21)16-7-3-6-15(22)9-16/h3-9,12-13,18H,10-11H2,1-2H3,(H,24,27)/t18-/m0/s1. The molecular weight excluding hydrogens is 359 g/mol. The van der Waals surface area contributed by atoms with Crippen molar-refractivity contribution in [2.75, 3.05) is 0 Å². The number of rotatable bonds is 3. The fourth-order valence-corrected chi connectivity index (χ4v) is 3.83. The van der Waals surface area contributed by atoms with Crippen molar-refractivity contribution in [3.05, 3.63) is 82.8 Å². The Morgan fingerprint density at radius 3 is 2.93 bits per heavy atom. The highest BCUT2D eigenvalue weighted by Gasteiger charge is 2.36. The number of aromatic nitrogens is 3. The molecule has 1 aliphatic rings. The van der Waals surface area contributed by atoms with E-state index in [2.05, 4.69) is 24.3 Å². The van der Waals surface area contributed by atoms with Gasteiger partial charge in [-0.2, -0.15) is 9.83 Å². The number of hydrogen-bond acceptors (Lipinski definition) is 3. The molecule has 6 nitrogen and oxygen atoms in total. The lowest BCUT2D eigenvalue weighted by Crippen LogP contribution is -2.37. The molecule has 0 saturated heterocycles. The second-order valence-electron chi connectivity index (χ2n) is 7.96. The number of benzene rings is 1. The second-order valence-corrected chi connectivity index (χ2v) is 7.96. The predicted molar refractivity (Wildman–Crippen MR) is 101 cm³/mol. The van der Waals surface area contributed by atoms with E-state index in [9.17, 15) is 14.4 Å². The van der Waals surface area contributed by atoms with E-state index in [0.717, 1.165) is 24.1 Å². The summed E-state index contributed by atoms with van der Waals surface area (Å²) in [4.78, 5) is 12.7. The van der Waals surface area contributed by atoms with Crippen LogP contribution in [0, 0.1) is 16.4 Å². The molecule has 0 bridgehead atoms. The van der Waals surface area contributed by atoms with Gasteiger partial charge in [-0.1, -0.05) is 19.9 Å². The Balaban J connectivity index is 1.69. The second kappa shape index (κ2) is 6.74. The molecule has 1 aromatic carbocycles. The van der Waals surface area contributed by atoms with Crippen LogP contribution < -0.4 is 10.0 Å². The van der Waals surface area contributed by atoms with E-state index < -0.39 is 0 Å². The van der Waals surface area contributed by atoms with Crippen LogP contribution in [0.15, 0.2) is 55.0 Å². The molecule has 28 heavy (non-hydrogen) atoms. The van der Waals surface area contributed by atoms with Gasteiger partial charge in [0.1, 0.15) is 11.4 Å². The Labute approximate surface area is 162 Å². The number of nitrogens with one attached hydrogen (secondary N) is 1. The maximum atomic E-state index is 13.7. The van der Waals surface area contributed by atoms with Crippen LogP contribution in [0.1, 0.15) is 47.9 Å². The predicted octanol–water partition coefficient (Wildman–Crippen LogP) is 3.09. The van der Waals surface area contributed by atoms with Gasteiger partial charge in [-0.05, 0) is 42.5 Å². The molecule has 0 unspecified atom stereocenters. The number of amides is 1. The zero-order valence-corrected chi connectivity index (χ0v) is 15.7. The van der Waals surface area contributed by atoms with Crippen LogP contribution in [-0.2, 0) is 6.42 Å². The third-order valence-electron chi connectivity index (χ3n) is 5.07. The van der Waals surface area contributed by atoms with E-state index in [1.807, 2.05) is 6.07 Å². The van der Waals surface area contributed by atoms with E-state index in [1.165, 1.54) is 24.5 Å². The molecule has 1 N–H and O–H groups in total. The molecule has 4 rings (SSSR count). The molecule has 0 fully saturated rings. The average molecular weight is 380 g/mol. The third kappa shape index (κ3) is 3.47. The van der Waals surface area contributed by atoms with E-state index >= 15 is 0 Å². The fourth-order valence-electron chi connectivity index (χ4n) is 3.83. The number of nitrogens with zero attached hydrogens (tertiary/aromatic N) is 3. The minimum absolute atomic E-state index is 0.0782. The van der Waals surface area contributed by atoms with Crippen molar-refractivity contribution in [3.8, 4) is 5.69 Å². The third-order valence-corrected chi connectivity index (χ3v) is 5.07. The Bertz CT molecular complexity index is 1040. The highest BCUT2D eigenvalue weighted by atomic mass is 19.1. The molecule has 144 valence electrons. The van der Waals surface area contributed by atoms with Crippen molar-refractivity contribution < 1.29 is 13.9 Å². The molecule has 0 aliphatic heterocycles. The van der Waals surface area contributed by atoms with Crippen molar-refractivity contribution in [1.29, 1.82) is 0 Å². The van der Waals surface area contributed by atoms with Gasteiger partial charge in [0.15, 0.2) is 12.4 Å². The summed E-state index contributed by atoms with van der Waals surface area (Å²) in [5.74, 6) is -0.631. The lowest BCUT2D eigenvalue weighted by atomic mass is 9.74. The molecular formula is C21H21FN4O2.